The van der Waals surface area contributed by atoms with Crippen molar-refractivity contribution >= 4 is 10.9 Å². The molecule has 216 valence electrons. The molecule has 1 N–H and O–H groups in total. The average molecular weight is 567 g/mol. The maximum Gasteiger partial charge on any atom is 0.253 e. The van der Waals surface area contributed by atoms with Crippen molar-refractivity contribution in [2.45, 2.75) is 25.6 Å². The molecule has 42 heavy (non-hydrogen) atoms. The van der Waals surface area contributed by atoms with Gasteiger partial charge in [0.25, 0.3) is 5.56 Å². The second kappa shape index (κ2) is 12.5. The van der Waals surface area contributed by atoms with Crippen molar-refractivity contribution in [1.82, 2.24) is 40.0 Å². The number of methoxy groups -OCH3 is 2. The molecule has 2 aromatic carbocycles. The van der Waals surface area contributed by atoms with Crippen LogP contribution < -0.4 is 15.0 Å². The van der Waals surface area contributed by atoms with Gasteiger partial charge < -0.3 is 14.5 Å². The molecule has 0 amide bonds. The minimum atomic E-state index is -0.433. The zero-order valence-corrected chi connectivity index (χ0v) is 23.8. The van der Waals surface area contributed by atoms with Crippen molar-refractivity contribution < 1.29 is 9.47 Å². The van der Waals surface area contributed by atoms with Crippen LogP contribution in [0.2, 0.25) is 0 Å². The van der Waals surface area contributed by atoms with Gasteiger partial charge in [-0.05, 0) is 52.2 Å². The second-order valence-electron chi connectivity index (χ2n) is 10.4. The SMILES string of the molecule is COc1cc2cc(C(c3nnnn3CCc3ccncc3)N3CCN(Cc4ccccc4)CC3)c(=O)[nH]c2cc1OC. The zero-order valence-electron chi connectivity index (χ0n) is 23.8. The Morgan fingerprint density at radius 3 is 2.38 bits per heavy atom. The number of piperazine rings is 1. The van der Waals surface area contributed by atoms with Crippen LogP contribution in [0.15, 0.2) is 77.9 Å². The number of rotatable bonds is 10. The van der Waals surface area contributed by atoms with Crippen LogP contribution >= 0.6 is 0 Å². The molecule has 0 bridgehead atoms. The summed E-state index contributed by atoms with van der Waals surface area (Å²) in [5.74, 6) is 1.79. The van der Waals surface area contributed by atoms with Gasteiger partial charge in [0.05, 0.1) is 19.7 Å². The lowest BCUT2D eigenvalue weighted by Gasteiger charge is -2.38. The molecule has 11 heteroatoms. The number of fused-ring (bicyclic) bond motifs is 1. The Hall–Kier alpha value is -4.61. The van der Waals surface area contributed by atoms with E-state index in [0.717, 1.165) is 50.1 Å². The van der Waals surface area contributed by atoms with Crippen molar-refractivity contribution in [3.8, 4) is 11.5 Å². The van der Waals surface area contributed by atoms with Gasteiger partial charge in [0.1, 0.15) is 6.04 Å². The molecular weight excluding hydrogens is 532 g/mol. The Labute approximate surface area is 243 Å². The Morgan fingerprint density at radius 2 is 1.64 bits per heavy atom. The summed E-state index contributed by atoms with van der Waals surface area (Å²) in [6.45, 7) is 4.71. The van der Waals surface area contributed by atoms with Gasteiger partial charge in [0, 0.05) is 68.7 Å². The highest BCUT2D eigenvalue weighted by atomic mass is 16.5. The summed E-state index contributed by atoms with van der Waals surface area (Å²) >= 11 is 0. The van der Waals surface area contributed by atoms with Gasteiger partial charge in [-0.3, -0.25) is 19.6 Å². The summed E-state index contributed by atoms with van der Waals surface area (Å²) in [7, 11) is 3.18. The van der Waals surface area contributed by atoms with Crippen LogP contribution in [-0.4, -0.2) is 80.4 Å². The van der Waals surface area contributed by atoms with Gasteiger partial charge >= 0.3 is 0 Å². The van der Waals surface area contributed by atoms with Gasteiger partial charge in [-0.15, -0.1) is 5.10 Å². The van der Waals surface area contributed by atoms with Crippen LogP contribution in [0.25, 0.3) is 10.9 Å². The van der Waals surface area contributed by atoms with Gasteiger partial charge in [-0.1, -0.05) is 30.3 Å². The van der Waals surface area contributed by atoms with Crippen LogP contribution in [0, 0.1) is 0 Å². The monoisotopic (exact) mass is 566 g/mol. The van der Waals surface area contributed by atoms with E-state index in [9.17, 15) is 4.79 Å². The number of tetrazole rings is 1. The molecule has 6 rings (SSSR count). The number of H-pyrrole nitrogens is 1. The van der Waals surface area contributed by atoms with E-state index in [4.69, 9.17) is 9.47 Å². The third-order valence-electron chi connectivity index (χ3n) is 7.86. The number of aromatic amines is 1. The predicted molar refractivity (Wildman–Crippen MR) is 159 cm³/mol. The van der Waals surface area contributed by atoms with Gasteiger partial charge in [0.15, 0.2) is 17.3 Å². The smallest absolute Gasteiger partial charge is 0.253 e. The van der Waals surface area contributed by atoms with Gasteiger partial charge in [-0.25, -0.2) is 4.68 Å². The number of nitrogens with one attached hydrogen (secondary N) is 1. The van der Waals surface area contributed by atoms with Crippen LogP contribution in [0.4, 0.5) is 0 Å². The number of pyridine rings is 2. The van der Waals surface area contributed by atoms with Crippen LogP contribution in [0.3, 0.4) is 0 Å². The molecule has 11 nitrogen and oxygen atoms in total. The molecule has 0 spiro atoms. The Balaban J connectivity index is 1.34. The number of aromatic nitrogens is 6. The van der Waals surface area contributed by atoms with Crippen LogP contribution in [0.1, 0.15) is 28.6 Å². The lowest BCUT2D eigenvalue weighted by Crippen LogP contribution is -2.48. The fraction of sp³-hybridized carbons (Fsp3) is 0.323. The molecule has 3 aromatic heterocycles. The fourth-order valence-corrected chi connectivity index (χ4v) is 5.62. The van der Waals surface area contributed by atoms with E-state index >= 15 is 0 Å². The maximum atomic E-state index is 13.7. The Bertz CT molecular complexity index is 1680. The largest absolute Gasteiger partial charge is 0.493 e. The first-order valence-corrected chi connectivity index (χ1v) is 14.1. The standard InChI is InChI=1S/C31H34N8O3/c1-41-27-19-24-18-25(31(40)33-26(24)20-28(27)42-2)29(30-34-35-36-39(30)13-10-22-8-11-32-12-9-22)38-16-14-37(15-17-38)21-23-6-4-3-5-7-23/h3-9,11-12,18-20,29H,10,13-17,21H2,1-2H3,(H,33,40). The molecule has 1 fully saturated rings. The van der Waals surface area contributed by atoms with E-state index in [1.165, 1.54) is 5.56 Å². The van der Waals surface area contributed by atoms with Crippen molar-refractivity contribution in [3.63, 3.8) is 0 Å². The van der Waals surface area contributed by atoms with Crippen molar-refractivity contribution in [2.75, 3.05) is 40.4 Å². The molecular formula is C31H34N8O3. The first-order chi connectivity index (χ1) is 20.6. The predicted octanol–water partition coefficient (Wildman–Crippen LogP) is 3.08. The van der Waals surface area contributed by atoms with Crippen LogP contribution in [-0.2, 0) is 19.5 Å². The van der Waals surface area contributed by atoms with Gasteiger partial charge in [-0.2, -0.15) is 0 Å². The minimum absolute atomic E-state index is 0.185. The van der Waals surface area contributed by atoms with E-state index in [1.54, 1.807) is 32.7 Å². The topological polar surface area (TPSA) is 114 Å². The maximum absolute atomic E-state index is 13.7. The molecule has 1 atom stereocenters. The number of nitrogens with zero attached hydrogens (tertiary/aromatic N) is 7. The van der Waals surface area contributed by atoms with Crippen molar-refractivity contribution in [3.05, 3.63) is 106 Å². The van der Waals surface area contributed by atoms with Crippen molar-refractivity contribution in [1.29, 1.82) is 0 Å². The lowest BCUT2D eigenvalue weighted by molar-refractivity contribution is 0.0996. The number of aryl methyl sites for hydroxylation is 2. The highest BCUT2D eigenvalue weighted by Crippen LogP contribution is 2.33. The molecule has 0 aliphatic carbocycles. The summed E-state index contributed by atoms with van der Waals surface area (Å²) in [4.78, 5) is 25.7. The lowest BCUT2D eigenvalue weighted by atomic mass is 10.0. The highest BCUT2D eigenvalue weighted by Gasteiger charge is 2.33. The molecule has 1 saturated heterocycles. The van der Waals surface area contributed by atoms with E-state index in [-0.39, 0.29) is 5.56 Å². The molecule has 1 aliphatic heterocycles. The third kappa shape index (κ3) is 5.88. The number of benzene rings is 2. The Morgan fingerprint density at radius 1 is 0.905 bits per heavy atom. The number of hydrogen-bond acceptors (Lipinski definition) is 9. The Kier molecular flexibility index (Phi) is 8.20. The minimum Gasteiger partial charge on any atom is -0.493 e. The summed E-state index contributed by atoms with van der Waals surface area (Å²) in [5.41, 5.74) is 3.51. The zero-order chi connectivity index (χ0) is 28.9. The van der Waals surface area contributed by atoms with Crippen molar-refractivity contribution in [2.24, 2.45) is 0 Å². The first-order valence-electron chi connectivity index (χ1n) is 14.1. The number of hydrogen-bond donors (Lipinski definition) is 1. The second-order valence-corrected chi connectivity index (χ2v) is 10.4. The first kappa shape index (κ1) is 27.6. The summed E-state index contributed by atoms with van der Waals surface area (Å²) in [5, 5.41) is 13.7. The highest BCUT2D eigenvalue weighted by molar-refractivity contribution is 5.83. The van der Waals surface area contributed by atoms with E-state index < -0.39 is 6.04 Å². The number of ether oxygens (including phenoxy) is 2. The van der Waals surface area contributed by atoms with Gasteiger partial charge in [0.2, 0.25) is 0 Å². The van der Waals surface area contributed by atoms with E-state index in [1.807, 2.05) is 35.0 Å². The molecule has 1 unspecified atom stereocenters. The molecule has 0 radical (unpaired) electrons. The molecule has 5 aromatic rings. The normalized spacial score (nSPS) is 15.1. The summed E-state index contributed by atoms with van der Waals surface area (Å²) in [6.07, 6.45) is 4.31. The third-order valence-corrected chi connectivity index (χ3v) is 7.86. The summed E-state index contributed by atoms with van der Waals surface area (Å²) in [6, 6.07) is 19.6. The average Bonchev–Trinajstić information content (AvgIpc) is 3.49. The molecule has 4 heterocycles. The quantitative estimate of drug-likeness (QED) is 0.272. The van der Waals surface area contributed by atoms with E-state index in [2.05, 4.69) is 59.6 Å². The summed E-state index contributed by atoms with van der Waals surface area (Å²) < 4.78 is 12.8. The fourth-order valence-electron chi connectivity index (χ4n) is 5.62. The van der Waals surface area contributed by atoms with Crippen LogP contribution in [0.5, 0.6) is 11.5 Å². The molecule has 0 saturated carbocycles. The molecule has 1 aliphatic rings. The van der Waals surface area contributed by atoms with E-state index in [0.29, 0.717) is 34.9 Å².